The lowest BCUT2D eigenvalue weighted by atomic mass is 10.0. The number of nitrogens with zero attached hydrogens (tertiary/aromatic N) is 2. The Morgan fingerprint density at radius 1 is 1.30 bits per heavy atom. The maximum atomic E-state index is 13.2. The number of fused-ring (bicyclic) bond motifs is 2. The average Bonchev–Trinajstić information content (AvgIpc) is 3.04. The molecule has 8 nitrogen and oxygen atoms in total. The molecule has 162 valence electrons. The topological polar surface area (TPSA) is 88.2 Å². The van der Waals surface area contributed by atoms with Crippen LogP contribution in [-0.4, -0.2) is 59.7 Å². The van der Waals surface area contributed by atoms with E-state index in [2.05, 4.69) is 9.62 Å². The molecule has 1 aromatic heterocycles. The van der Waals surface area contributed by atoms with Crippen molar-refractivity contribution < 1.29 is 22.7 Å². The van der Waals surface area contributed by atoms with Gasteiger partial charge in [-0.25, -0.2) is 13.2 Å². The number of thiophene rings is 1. The molecule has 1 N–H and O–H groups in total. The van der Waals surface area contributed by atoms with Crippen LogP contribution in [0.4, 0.5) is 10.7 Å². The fourth-order valence-electron chi connectivity index (χ4n) is 3.70. The molecule has 0 radical (unpaired) electrons. The fourth-order valence-corrected chi connectivity index (χ4v) is 6.34. The van der Waals surface area contributed by atoms with E-state index < -0.39 is 16.0 Å². The largest absolute Gasteiger partial charge is 0.490 e. The van der Waals surface area contributed by atoms with Crippen LogP contribution in [0.1, 0.15) is 27.7 Å². The van der Waals surface area contributed by atoms with Gasteiger partial charge in [0.15, 0.2) is 0 Å². The minimum Gasteiger partial charge on any atom is -0.490 e. The van der Waals surface area contributed by atoms with E-state index in [1.54, 1.807) is 19.1 Å². The number of nitrogens with one attached hydrogen (secondary N) is 1. The summed E-state index contributed by atoms with van der Waals surface area (Å²) in [4.78, 5) is 17.9. The molecule has 0 atom stereocenters. The monoisotopic (exact) mass is 451 g/mol. The van der Waals surface area contributed by atoms with E-state index in [-0.39, 0.29) is 11.5 Å². The molecule has 2 aliphatic heterocycles. The second kappa shape index (κ2) is 8.09. The van der Waals surface area contributed by atoms with E-state index in [9.17, 15) is 13.2 Å². The molecule has 0 saturated carbocycles. The van der Waals surface area contributed by atoms with Crippen molar-refractivity contribution >= 4 is 38.0 Å². The summed E-state index contributed by atoms with van der Waals surface area (Å²) in [5.74, 6) is 0.167. The third kappa shape index (κ3) is 3.86. The van der Waals surface area contributed by atoms with Crippen LogP contribution >= 0.6 is 11.3 Å². The number of sulfonamides is 1. The first kappa shape index (κ1) is 21.0. The fraction of sp³-hybridized carbons (Fsp3) is 0.450. The van der Waals surface area contributed by atoms with Gasteiger partial charge < -0.3 is 19.3 Å². The SMILES string of the molecule is CCOC(=O)c1c(NS(=O)(=O)c2ccc3c(c2)N(C)CCO3)sc2c1CCN(C)C2. The highest BCUT2D eigenvalue weighted by molar-refractivity contribution is 7.93. The smallest absolute Gasteiger partial charge is 0.341 e. The van der Waals surface area contributed by atoms with Crippen molar-refractivity contribution in [3.8, 4) is 5.75 Å². The molecule has 0 saturated heterocycles. The number of anilines is 2. The zero-order valence-corrected chi connectivity index (χ0v) is 18.9. The Hall–Kier alpha value is -2.30. The summed E-state index contributed by atoms with van der Waals surface area (Å²) >= 11 is 1.30. The second-order valence-electron chi connectivity index (χ2n) is 7.42. The molecule has 1 aromatic carbocycles. The van der Waals surface area contributed by atoms with Crippen LogP contribution in [-0.2, 0) is 27.7 Å². The number of rotatable bonds is 5. The number of carbonyl (C=O) groups excluding carboxylic acids is 1. The van der Waals surface area contributed by atoms with Crippen molar-refractivity contribution in [3.05, 3.63) is 34.2 Å². The van der Waals surface area contributed by atoms with Gasteiger partial charge in [-0.05, 0) is 44.2 Å². The first-order valence-corrected chi connectivity index (χ1v) is 12.1. The van der Waals surface area contributed by atoms with Gasteiger partial charge in [0.25, 0.3) is 10.0 Å². The van der Waals surface area contributed by atoms with Gasteiger partial charge in [-0.2, -0.15) is 0 Å². The highest BCUT2D eigenvalue weighted by Crippen LogP contribution is 2.39. The van der Waals surface area contributed by atoms with Crippen LogP contribution in [0.3, 0.4) is 0 Å². The van der Waals surface area contributed by atoms with Gasteiger partial charge in [0.1, 0.15) is 17.4 Å². The van der Waals surface area contributed by atoms with Gasteiger partial charge >= 0.3 is 5.97 Å². The van der Waals surface area contributed by atoms with Crippen molar-refractivity contribution in [3.63, 3.8) is 0 Å². The summed E-state index contributed by atoms with van der Waals surface area (Å²) in [5.41, 5.74) is 1.95. The predicted molar refractivity (Wildman–Crippen MR) is 116 cm³/mol. The number of hydrogen-bond acceptors (Lipinski definition) is 8. The van der Waals surface area contributed by atoms with E-state index in [0.717, 1.165) is 22.7 Å². The Kier molecular flexibility index (Phi) is 5.65. The standard InChI is InChI=1S/C20H25N3O5S2/c1-4-27-20(24)18-14-7-8-22(2)12-17(14)29-19(18)21-30(25,26)13-5-6-16-15(11-13)23(3)9-10-28-16/h5-6,11,21H,4,7-10,12H2,1-3H3. The average molecular weight is 452 g/mol. The molecule has 4 rings (SSSR count). The zero-order chi connectivity index (χ0) is 21.5. The van der Waals surface area contributed by atoms with Gasteiger partial charge in [0.2, 0.25) is 0 Å². The van der Waals surface area contributed by atoms with Crippen LogP contribution in [0.2, 0.25) is 0 Å². The second-order valence-corrected chi connectivity index (χ2v) is 10.2. The van der Waals surface area contributed by atoms with E-state index >= 15 is 0 Å². The molecule has 2 aromatic rings. The van der Waals surface area contributed by atoms with Crippen LogP contribution in [0.5, 0.6) is 5.75 Å². The molecular weight excluding hydrogens is 426 g/mol. The number of hydrogen-bond donors (Lipinski definition) is 1. The van der Waals surface area contributed by atoms with Gasteiger partial charge in [0.05, 0.1) is 29.3 Å². The van der Waals surface area contributed by atoms with Gasteiger partial charge in [-0.15, -0.1) is 11.3 Å². The van der Waals surface area contributed by atoms with Crippen molar-refractivity contribution in [2.45, 2.75) is 24.8 Å². The highest BCUT2D eigenvalue weighted by Gasteiger charge is 2.30. The normalized spacial score (nSPS) is 16.4. The van der Waals surface area contributed by atoms with E-state index in [1.165, 1.54) is 17.4 Å². The van der Waals surface area contributed by atoms with Crippen molar-refractivity contribution in [1.29, 1.82) is 0 Å². The number of ether oxygens (including phenoxy) is 2. The molecular formula is C20H25N3O5S2. The third-order valence-corrected chi connectivity index (χ3v) is 7.90. The number of likely N-dealkylation sites (N-methyl/N-ethyl adjacent to an activating group) is 2. The Balaban J connectivity index is 1.71. The van der Waals surface area contributed by atoms with Gasteiger partial charge in [0, 0.05) is 25.0 Å². The molecule has 3 heterocycles. The molecule has 0 spiro atoms. The minimum atomic E-state index is -3.90. The minimum absolute atomic E-state index is 0.122. The molecule has 10 heteroatoms. The van der Waals surface area contributed by atoms with Crippen molar-refractivity contribution in [2.75, 3.05) is 50.0 Å². The highest BCUT2D eigenvalue weighted by atomic mass is 32.2. The van der Waals surface area contributed by atoms with E-state index in [4.69, 9.17) is 9.47 Å². The Morgan fingerprint density at radius 2 is 2.10 bits per heavy atom. The van der Waals surface area contributed by atoms with Crippen LogP contribution in [0, 0.1) is 0 Å². The predicted octanol–water partition coefficient (Wildman–Crippen LogP) is 2.54. The zero-order valence-electron chi connectivity index (χ0n) is 17.2. The number of carbonyl (C=O) groups is 1. The summed E-state index contributed by atoms with van der Waals surface area (Å²) in [6.07, 6.45) is 0.680. The van der Waals surface area contributed by atoms with Crippen LogP contribution in [0.15, 0.2) is 23.1 Å². The van der Waals surface area contributed by atoms with Crippen LogP contribution in [0.25, 0.3) is 0 Å². The van der Waals surface area contributed by atoms with Crippen molar-refractivity contribution in [2.24, 2.45) is 0 Å². The van der Waals surface area contributed by atoms with Gasteiger partial charge in [-0.3, -0.25) is 4.72 Å². The molecule has 30 heavy (non-hydrogen) atoms. The first-order chi connectivity index (χ1) is 14.3. The summed E-state index contributed by atoms with van der Waals surface area (Å²) in [7, 11) is 0.00153. The molecule has 0 bridgehead atoms. The summed E-state index contributed by atoms with van der Waals surface area (Å²) in [5, 5.41) is 0.316. The Bertz CT molecular complexity index is 1080. The number of esters is 1. The van der Waals surface area contributed by atoms with E-state index in [1.807, 2.05) is 19.0 Å². The quantitative estimate of drug-likeness (QED) is 0.699. The third-order valence-electron chi connectivity index (χ3n) is 5.29. The van der Waals surface area contributed by atoms with Crippen molar-refractivity contribution in [1.82, 2.24) is 4.90 Å². The Labute approximate surface area is 180 Å². The summed E-state index contributed by atoms with van der Waals surface area (Å²) in [6, 6.07) is 4.79. The Morgan fingerprint density at radius 3 is 2.87 bits per heavy atom. The summed E-state index contributed by atoms with van der Waals surface area (Å²) < 4.78 is 39.8. The number of benzene rings is 1. The van der Waals surface area contributed by atoms with Crippen LogP contribution < -0.4 is 14.4 Å². The lowest BCUT2D eigenvalue weighted by Gasteiger charge is -2.28. The molecule has 0 aliphatic carbocycles. The maximum absolute atomic E-state index is 13.2. The van der Waals surface area contributed by atoms with Gasteiger partial charge in [-0.1, -0.05) is 0 Å². The van der Waals surface area contributed by atoms with E-state index in [0.29, 0.717) is 42.4 Å². The maximum Gasteiger partial charge on any atom is 0.341 e. The first-order valence-electron chi connectivity index (χ1n) is 9.81. The lowest BCUT2D eigenvalue weighted by Crippen LogP contribution is -2.29. The summed E-state index contributed by atoms with van der Waals surface area (Å²) in [6.45, 7) is 4.69. The molecule has 0 amide bonds. The molecule has 0 fully saturated rings. The lowest BCUT2D eigenvalue weighted by molar-refractivity contribution is 0.0526. The molecule has 0 unspecified atom stereocenters. The molecule has 2 aliphatic rings.